The third-order valence-electron chi connectivity index (χ3n) is 2.40. The minimum absolute atomic E-state index is 0.928. The predicted molar refractivity (Wildman–Crippen MR) is 62.6 cm³/mol. The quantitative estimate of drug-likeness (QED) is 0.767. The first-order valence-electron chi connectivity index (χ1n) is 4.82. The van der Waals surface area contributed by atoms with E-state index in [1.807, 2.05) is 12.1 Å². The van der Waals surface area contributed by atoms with E-state index in [2.05, 4.69) is 33.6 Å². The van der Waals surface area contributed by atoms with E-state index < -0.39 is 0 Å². The minimum atomic E-state index is 0.928. The Kier molecular flexibility index (Phi) is 2.74. The van der Waals surface area contributed by atoms with Crippen LogP contribution in [0.1, 0.15) is 18.9 Å². The van der Waals surface area contributed by atoms with Crippen molar-refractivity contribution in [3.8, 4) is 5.75 Å². The highest BCUT2D eigenvalue weighted by atomic mass is 31.0. The Morgan fingerprint density at radius 2 is 2.29 bits per heavy atom. The van der Waals surface area contributed by atoms with Crippen molar-refractivity contribution in [3.63, 3.8) is 0 Å². The van der Waals surface area contributed by atoms with Gasteiger partial charge in [0.1, 0.15) is 5.75 Å². The van der Waals surface area contributed by atoms with E-state index >= 15 is 0 Å². The molecule has 0 saturated heterocycles. The van der Waals surface area contributed by atoms with Crippen molar-refractivity contribution in [2.45, 2.75) is 19.8 Å². The second-order valence-electron chi connectivity index (χ2n) is 3.36. The highest BCUT2D eigenvalue weighted by Crippen LogP contribution is 2.30. The van der Waals surface area contributed by atoms with E-state index in [-0.39, 0.29) is 0 Å². The Balaban J connectivity index is 2.62. The fourth-order valence-corrected chi connectivity index (χ4v) is 1.98. The van der Waals surface area contributed by atoms with Gasteiger partial charge < -0.3 is 9.51 Å². The maximum atomic E-state index is 5.27. The molecule has 0 aliphatic rings. The molecule has 1 N–H and O–H groups in total. The number of H-pyrrole nitrogens is 1. The van der Waals surface area contributed by atoms with Crippen molar-refractivity contribution in [2.75, 3.05) is 0 Å². The van der Waals surface area contributed by atoms with Gasteiger partial charge >= 0.3 is 0 Å². The van der Waals surface area contributed by atoms with Crippen LogP contribution in [0.25, 0.3) is 10.9 Å². The Hall–Kier alpha value is -1.01. The summed E-state index contributed by atoms with van der Waals surface area (Å²) in [6, 6.07) is 6.05. The molecule has 1 atom stereocenters. The number of aromatic amines is 1. The third kappa shape index (κ3) is 1.51. The maximum Gasteiger partial charge on any atom is 0.132 e. The van der Waals surface area contributed by atoms with Crippen LogP contribution < -0.4 is 4.52 Å². The summed E-state index contributed by atoms with van der Waals surface area (Å²) in [6.07, 6.45) is 4.31. The predicted octanol–water partition coefficient (Wildman–Crippen LogP) is 3.29. The number of benzene rings is 1. The summed E-state index contributed by atoms with van der Waals surface area (Å²) >= 11 is 0. The van der Waals surface area contributed by atoms with Crippen LogP contribution >= 0.6 is 9.47 Å². The summed E-state index contributed by atoms with van der Waals surface area (Å²) < 4.78 is 5.27. The first-order valence-corrected chi connectivity index (χ1v) is 5.29. The second kappa shape index (κ2) is 4.02. The number of rotatable bonds is 3. The normalized spacial score (nSPS) is 10.7. The zero-order chi connectivity index (χ0) is 9.97. The average Bonchev–Trinajstić information content (AvgIpc) is 2.62. The van der Waals surface area contributed by atoms with Crippen molar-refractivity contribution in [1.82, 2.24) is 4.98 Å². The van der Waals surface area contributed by atoms with Crippen molar-refractivity contribution in [1.29, 1.82) is 0 Å². The van der Waals surface area contributed by atoms with Gasteiger partial charge in [0.2, 0.25) is 0 Å². The van der Waals surface area contributed by atoms with Crippen LogP contribution in [0.3, 0.4) is 0 Å². The van der Waals surface area contributed by atoms with Gasteiger partial charge in [0, 0.05) is 17.1 Å². The number of aromatic nitrogens is 1. The number of aryl methyl sites for hydroxylation is 1. The lowest BCUT2D eigenvalue weighted by Crippen LogP contribution is -1.82. The summed E-state index contributed by atoms with van der Waals surface area (Å²) in [4.78, 5) is 3.26. The molecule has 0 saturated carbocycles. The van der Waals surface area contributed by atoms with Crippen LogP contribution in [0.5, 0.6) is 5.75 Å². The van der Waals surface area contributed by atoms with E-state index in [9.17, 15) is 0 Å². The molecule has 1 unspecified atom stereocenters. The van der Waals surface area contributed by atoms with Crippen LogP contribution in [0.2, 0.25) is 0 Å². The molecular formula is C11H14NOP. The maximum absolute atomic E-state index is 5.27. The fourth-order valence-electron chi connectivity index (χ4n) is 1.78. The molecule has 3 heteroatoms. The standard InChI is InChI=1S/C11H14NOP/c1-2-4-8-7-12-9-5-3-6-10(13-14)11(8)9/h3,5-7,12H,2,4,14H2,1H3. The van der Waals surface area contributed by atoms with E-state index in [0.29, 0.717) is 0 Å². The van der Waals surface area contributed by atoms with Crippen molar-refractivity contribution in [3.05, 3.63) is 30.0 Å². The molecular weight excluding hydrogens is 193 g/mol. The molecule has 74 valence electrons. The summed E-state index contributed by atoms with van der Waals surface area (Å²) in [5.41, 5.74) is 2.48. The molecule has 0 bridgehead atoms. The van der Waals surface area contributed by atoms with Gasteiger partial charge in [-0.15, -0.1) is 0 Å². The molecule has 0 spiro atoms. The van der Waals surface area contributed by atoms with Gasteiger partial charge in [-0.25, -0.2) is 0 Å². The van der Waals surface area contributed by atoms with E-state index in [1.54, 1.807) is 0 Å². The number of fused-ring (bicyclic) bond motifs is 1. The van der Waals surface area contributed by atoms with E-state index in [1.165, 1.54) is 10.9 Å². The van der Waals surface area contributed by atoms with E-state index in [0.717, 1.165) is 24.1 Å². The van der Waals surface area contributed by atoms with Crippen LogP contribution in [-0.4, -0.2) is 4.98 Å². The van der Waals surface area contributed by atoms with Crippen LogP contribution in [-0.2, 0) is 6.42 Å². The zero-order valence-corrected chi connectivity index (χ0v) is 9.36. The largest absolute Gasteiger partial charge is 0.480 e. The Morgan fingerprint density at radius 1 is 1.43 bits per heavy atom. The Labute approximate surface area is 85.9 Å². The molecule has 2 nitrogen and oxygen atoms in total. The van der Waals surface area contributed by atoms with Crippen LogP contribution in [0.15, 0.2) is 24.4 Å². The molecule has 1 heterocycles. The topological polar surface area (TPSA) is 25.0 Å². The molecule has 0 radical (unpaired) electrons. The summed E-state index contributed by atoms with van der Waals surface area (Å²) in [5.74, 6) is 0.928. The van der Waals surface area contributed by atoms with Crippen molar-refractivity contribution < 1.29 is 4.52 Å². The van der Waals surface area contributed by atoms with Crippen LogP contribution in [0.4, 0.5) is 0 Å². The van der Waals surface area contributed by atoms with Crippen molar-refractivity contribution in [2.24, 2.45) is 0 Å². The lowest BCUT2D eigenvalue weighted by Gasteiger charge is -2.03. The fraction of sp³-hybridized carbons (Fsp3) is 0.273. The SMILES string of the molecule is CCCc1c[nH]c2cccc(OP)c12. The minimum Gasteiger partial charge on any atom is -0.480 e. The summed E-state index contributed by atoms with van der Waals surface area (Å²) in [5, 5.41) is 1.21. The monoisotopic (exact) mass is 207 g/mol. The second-order valence-corrected chi connectivity index (χ2v) is 3.60. The summed E-state index contributed by atoms with van der Waals surface area (Å²) in [7, 11) is 2.30. The molecule has 1 aromatic heterocycles. The number of hydrogen-bond acceptors (Lipinski definition) is 1. The molecule has 0 aliphatic carbocycles. The molecule has 0 aliphatic heterocycles. The molecule has 14 heavy (non-hydrogen) atoms. The lowest BCUT2D eigenvalue weighted by molar-refractivity contribution is 0.653. The first kappa shape index (κ1) is 9.54. The smallest absolute Gasteiger partial charge is 0.132 e. The van der Waals surface area contributed by atoms with Gasteiger partial charge in [-0.05, 0) is 24.1 Å². The molecule has 0 fully saturated rings. The molecule has 1 aromatic carbocycles. The number of nitrogens with one attached hydrogen (secondary N) is 1. The Bertz CT molecular complexity index is 436. The van der Waals surface area contributed by atoms with Gasteiger partial charge in [-0.2, -0.15) is 0 Å². The Morgan fingerprint density at radius 3 is 3.00 bits per heavy atom. The highest BCUT2D eigenvalue weighted by Gasteiger charge is 2.07. The van der Waals surface area contributed by atoms with Gasteiger partial charge in [-0.1, -0.05) is 19.4 Å². The van der Waals surface area contributed by atoms with Gasteiger partial charge in [0.25, 0.3) is 0 Å². The zero-order valence-electron chi connectivity index (χ0n) is 8.21. The lowest BCUT2D eigenvalue weighted by atomic mass is 10.1. The van der Waals surface area contributed by atoms with Crippen LogP contribution in [0, 0.1) is 0 Å². The number of hydrogen-bond donors (Lipinski definition) is 1. The average molecular weight is 207 g/mol. The highest BCUT2D eigenvalue weighted by molar-refractivity contribution is 7.10. The summed E-state index contributed by atoms with van der Waals surface area (Å²) in [6.45, 7) is 2.18. The van der Waals surface area contributed by atoms with Gasteiger partial charge in [-0.3, -0.25) is 0 Å². The van der Waals surface area contributed by atoms with Gasteiger partial charge in [0.05, 0.1) is 9.47 Å². The van der Waals surface area contributed by atoms with Crippen molar-refractivity contribution >= 4 is 20.4 Å². The third-order valence-corrected chi connectivity index (χ3v) is 2.65. The molecule has 0 amide bonds. The first-order chi connectivity index (χ1) is 6.86. The molecule has 2 rings (SSSR count). The molecule has 2 aromatic rings. The van der Waals surface area contributed by atoms with Gasteiger partial charge in [0.15, 0.2) is 0 Å². The van der Waals surface area contributed by atoms with E-state index in [4.69, 9.17) is 4.52 Å².